The molecule has 0 aromatic heterocycles. The van der Waals surface area contributed by atoms with Crippen molar-refractivity contribution in [2.24, 2.45) is 0 Å². The quantitative estimate of drug-likeness (QED) is 0.135. The fraction of sp³-hybridized carbons (Fsp3) is 0.875. The highest BCUT2D eigenvalue weighted by atomic mass is 16.6. The first kappa shape index (κ1) is 29.1. The number of carbonyl (C=O) groups is 1. The van der Waals surface area contributed by atoms with Crippen molar-refractivity contribution in [1.29, 1.82) is 0 Å². The molecule has 0 aliphatic carbocycles. The van der Waals surface area contributed by atoms with Gasteiger partial charge in [0.1, 0.15) is 18.8 Å². The van der Waals surface area contributed by atoms with Crippen molar-refractivity contribution in [2.45, 2.75) is 109 Å². The van der Waals surface area contributed by atoms with Crippen molar-refractivity contribution in [3.8, 4) is 0 Å². The normalized spacial score (nSPS) is 13.6. The number of hydrogen-bond donors (Lipinski definition) is 3. The van der Waals surface area contributed by atoms with Crippen LogP contribution in [0.2, 0.25) is 0 Å². The van der Waals surface area contributed by atoms with Crippen LogP contribution in [0.1, 0.15) is 96.8 Å². The van der Waals surface area contributed by atoms with Crippen LogP contribution >= 0.6 is 0 Å². The van der Waals surface area contributed by atoms with E-state index in [1.165, 1.54) is 57.8 Å². The number of ether oxygens (including phenoxy) is 2. The highest BCUT2D eigenvalue weighted by Gasteiger charge is 2.13. The molecular formula is C24H46O6. The Kier molecular flexibility index (Phi) is 22.0. The van der Waals surface area contributed by atoms with Crippen molar-refractivity contribution in [2.75, 3.05) is 26.4 Å². The number of carbonyl (C=O) groups excluding carboxylic acids is 1. The molecule has 0 fully saturated rings. The van der Waals surface area contributed by atoms with Gasteiger partial charge in [0.2, 0.25) is 0 Å². The lowest BCUT2D eigenvalue weighted by molar-refractivity contribution is -0.150. The number of hydrogen-bond acceptors (Lipinski definition) is 6. The molecular weight excluding hydrogens is 384 g/mol. The Bertz CT molecular complexity index is 399. The molecule has 2 atom stereocenters. The lowest BCUT2D eigenvalue weighted by Gasteiger charge is -2.17. The number of esters is 1. The van der Waals surface area contributed by atoms with Crippen LogP contribution in [0.3, 0.4) is 0 Å². The van der Waals surface area contributed by atoms with Crippen LogP contribution in [0.4, 0.5) is 0 Å². The molecule has 0 saturated heterocycles. The number of aliphatic hydroxyl groups excluding tert-OH is 3. The number of aliphatic hydroxyl groups is 3. The van der Waals surface area contributed by atoms with Crippen LogP contribution in [0.25, 0.3) is 0 Å². The second-order valence-corrected chi connectivity index (χ2v) is 7.99. The van der Waals surface area contributed by atoms with Crippen LogP contribution in [-0.4, -0.2) is 59.9 Å². The zero-order valence-corrected chi connectivity index (χ0v) is 19.1. The summed E-state index contributed by atoms with van der Waals surface area (Å²) in [6.07, 6.45) is 19.1. The molecule has 0 bridgehead atoms. The summed E-state index contributed by atoms with van der Waals surface area (Å²) in [5, 5.41) is 27.1. The summed E-state index contributed by atoms with van der Waals surface area (Å²) >= 11 is 0. The number of allylic oxidation sites excluding steroid dienone is 2. The van der Waals surface area contributed by atoms with Crippen LogP contribution in [0.5, 0.6) is 0 Å². The van der Waals surface area contributed by atoms with E-state index < -0.39 is 18.8 Å². The van der Waals surface area contributed by atoms with Crippen LogP contribution in [0.15, 0.2) is 12.2 Å². The van der Waals surface area contributed by atoms with Gasteiger partial charge in [-0.15, -0.1) is 0 Å². The molecule has 0 heterocycles. The van der Waals surface area contributed by atoms with Gasteiger partial charge in [0.25, 0.3) is 0 Å². The zero-order chi connectivity index (χ0) is 22.3. The largest absolute Gasteiger partial charge is 0.463 e. The van der Waals surface area contributed by atoms with E-state index in [2.05, 4.69) is 19.1 Å². The molecule has 6 heteroatoms. The van der Waals surface area contributed by atoms with E-state index >= 15 is 0 Å². The van der Waals surface area contributed by atoms with E-state index in [1.54, 1.807) is 0 Å². The van der Waals surface area contributed by atoms with Crippen LogP contribution in [0, 0.1) is 0 Å². The third kappa shape index (κ3) is 20.3. The standard InChI is InChI=1S/C24H46O6/c1-2-3-4-5-6-7-8-9-10-11-12-13-14-15-16-17-24(28)30-21-23(19-26)29-20-22(27)18-25/h9-10,22-23,25-27H,2-8,11-21H2,1H3. The summed E-state index contributed by atoms with van der Waals surface area (Å²) in [7, 11) is 0. The lowest BCUT2D eigenvalue weighted by Crippen LogP contribution is -2.30. The number of rotatable bonds is 22. The van der Waals surface area contributed by atoms with Crippen molar-refractivity contribution in [1.82, 2.24) is 0 Å². The first-order valence-electron chi connectivity index (χ1n) is 12.0. The third-order valence-electron chi connectivity index (χ3n) is 5.01. The predicted molar refractivity (Wildman–Crippen MR) is 120 cm³/mol. The summed E-state index contributed by atoms with van der Waals surface area (Å²) in [6.45, 7) is 1.39. The summed E-state index contributed by atoms with van der Waals surface area (Å²) < 4.78 is 10.3. The molecule has 30 heavy (non-hydrogen) atoms. The molecule has 0 amide bonds. The number of unbranched alkanes of at least 4 members (excludes halogenated alkanes) is 11. The molecule has 0 aliphatic rings. The first-order chi connectivity index (χ1) is 14.6. The molecule has 6 nitrogen and oxygen atoms in total. The minimum Gasteiger partial charge on any atom is -0.463 e. The zero-order valence-electron chi connectivity index (χ0n) is 19.1. The van der Waals surface area contributed by atoms with Gasteiger partial charge in [-0.3, -0.25) is 4.79 Å². The molecule has 0 radical (unpaired) electrons. The SMILES string of the molecule is CCCCCCCCC=CCCCCCCCC(=O)OCC(CO)OCC(O)CO. The lowest BCUT2D eigenvalue weighted by atomic mass is 10.1. The van der Waals surface area contributed by atoms with Gasteiger partial charge in [0.05, 0.1) is 19.8 Å². The van der Waals surface area contributed by atoms with Crippen molar-refractivity contribution in [3.63, 3.8) is 0 Å². The second kappa shape index (κ2) is 22.7. The van der Waals surface area contributed by atoms with Gasteiger partial charge in [-0.2, -0.15) is 0 Å². The van der Waals surface area contributed by atoms with E-state index in [1.807, 2.05) is 0 Å². The topological polar surface area (TPSA) is 96.2 Å². The maximum absolute atomic E-state index is 11.7. The minimum atomic E-state index is -0.995. The van der Waals surface area contributed by atoms with Gasteiger partial charge in [-0.05, 0) is 32.1 Å². The van der Waals surface area contributed by atoms with E-state index in [9.17, 15) is 15.0 Å². The van der Waals surface area contributed by atoms with Crippen molar-refractivity contribution < 1.29 is 29.6 Å². The van der Waals surface area contributed by atoms with Gasteiger partial charge in [0, 0.05) is 6.42 Å². The van der Waals surface area contributed by atoms with E-state index in [0.717, 1.165) is 25.7 Å². The molecule has 2 unspecified atom stereocenters. The van der Waals surface area contributed by atoms with E-state index in [4.69, 9.17) is 14.6 Å². The predicted octanol–water partition coefficient (Wildman–Crippen LogP) is 4.30. The highest BCUT2D eigenvalue weighted by Crippen LogP contribution is 2.10. The van der Waals surface area contributed by atoms with Gasteiger partial charge in [0.15, 0.2) is 0 Å². The molecule has 178 valence electrons. The Morgan fingerprint density at radius 2 is 1.37 bits per heavy atom. The molecule has 0 spiro atoms. The maximum atomic E-state index is 11.7. The smallest absolute Gasteiger partial charge is 0.305 e. The minimum absolute atomic E-state index is 0.0431. The highest BCUT2D eigenvalue weighted by molar-refractivity contribution is 5.69. The van der Waals surface area contributed by atoms with Gasteiger partial charge >= 0.3 is 5.97 Å². The molecule has 0 rings (SSSR count). The Balaban J connectivity index is 3.44. The molecule has 0 aromatic rings. The Morgan fingerprint density at radius 3 is 1.93 bits per heavy atom. The van der Waals surface area contributed by atoms with E-state index in [-0.39, 0.29) is 25.8 Å². The van der Waals surface area contributed by atoms with Gasteiger partial charge in [-0.1, -0.05) is 70.4 Å². The summed E-state index contributed by atoms with van der Waals surface area (Å²) in [5.41, 5.74) is 0. The summed E-state index contributed by atoms with van der Waals surface area (Å²) in [5.74, 6) is -0.294. The van der Waals surface area contributed by atoms with Crippen molar-refractivity contribution in [3.05, 3.63) is 12.2 Å². The summed E-state index contributed by atoms with van der Waals surface area (Å²) in [6, 6.07) is 0. The molecule has 0 aliphatic heterocycles. The summed E-state index contributed by atoms with van der Waals surface area (Å²) in [4.78, 5) is 11.7. The third-order valence-corrected chi connectivity index (χ3v) is 5.01. The maximum Gasteiger partial charge on any atom is 0.305 e. The van der Waals surface area contributed by atoms with Gasteiger partial charge < -0.3 is 24.8 Å². The Labute approximate surface area is 183 Å². The Morgan fingerprint density at radius 1 is 0.800 bits per heavy atom. The molecule has 3 N–H and O–H groups in total. The van der Waals surface area contributed by atoms with Crippen LogP contribution in [-0.2, 0) is 14.3 Å². The fourth-order valence-corrected chi connectivity index (χ4v) is 3.05. The van der Waals surface area contributed by atoms with E-state index in [0.29, 0.717) is 6.42 Å². The Hall–Kier alpha value is -0.950. The molecule has 0 aromatic carbocycles. The first-order valence-corrected chi connectivity index (χ1v) is 12.0. The monoisotopic (exact) mass is 430 g/mol. The van der Waals surface area contributed by atoms with Crippen molar-refractivity contribution >= 4 is 5.97 Å². The average Bonchev–Trinajstić information content (AvgIpc) is 2.76. The van der Waals surface area contributed by atoms with Gasteiger partial charge in [-0.25, -0.2) is 0 Å². The second-order valence-electron chi connectivity index (χ2n) is 7.99. The fourth-order valence-electron chi connectivity index (χ4n) is 3.05. The van der Waals surface area contributed by atoms with Crippen LogP contribution < -0.4 is 0 Å². The average molecular weight is 431 g/mol. The molecule has 0 saturated carbocycles.